The summed E-state index contributed by atoms with van der Waals surface area (Å²) in [4.78, 5) is 17.1. The molecular weight excluding hydrogens is 458 g/mol. The number of hydrogen-bond donors (Lipinski definition) is 3. The van der Waals surface area contributed by atoms with Crippen molar-refractivity contribution in [2.45, 2.75) is 25.7 Å². The Bertz CT molecular complexity index is 1440. The molecule has 1 unspecified atom stereocenters. The van der Waals surface area contributed by atoms with Gasteiger partial charge in [-0.2, -0.15) is 0 Å². The second kappa shape index (κ2) is 9.56. The molecule has 1 atom stereocenters. The summed E-state index contributed by atoms with van der Waals surface area (Å²) in [6.45, 7) is 2.20. The van der Waals surface area contributed by atoms with E-state index in [0.29, 0.717) is 37.7 Å². The molecule has 3 N–H and O–H groups in total. The van der Waals surface area contributed by atoms with Gasteiger partial charge in [-0.3, -0.25) is 4.79 Å². The molecule has 2 aromatic heterocycles. The summed E-state index contributed by atoms with van der Waals surface area (Å²) in [7, 11) is 0. The van der Waals surface area contributed by atoms with E-state index in [1.165, 1.54) is 0 Å². The predicted molar refractivity (Wildman–Crippen MR) is 136 cm³/mol. The first kappa shape index (κ1) is 22.5. The highest BCUT2D eigenvalue weighted by Crippen LogP contribution is 2.43. The van der Waals surface area contributed by atoms with Gasteiger partial charge in [0.1, 0.15) is 41.4 Å². The average molecular weight is 486 g/mol. The average Bonchev–Trinajstić information content (AvgIpc) is 3.39. The van der Waals surface area contributed by atoms with Crippen molar-refractivity contribution in [2.24, 2.45) is 0 Å². The molecule has 8 heteroatoms. The summed E-state index contributed by atoms with van der Waals surface area (Å²) in [5, 5.41) is 12.6. The topological polar surface area (TPSA) is 100.0 Å². The Kier molecular flexibility index (Phi) is 5.96. The number of ether oxygens (including phenoxy) is 2. The third-order valence-electron chi connectivity index (χ3n) is 6.67. The van der Waals surface area contributed by atoms with Crippen LogP contribution in [0.1, 0.15) is 34.3 Å². The van der Waals surface area contributed by atoms with Crippen LogP contribution in [0.2, 0.25) is 0 Å². The van der Waals surface area contributed by atoms with Crippen LogP contribution in [0, 0.1) is 0 Å². The van der Waals surface area contributed by atoms with Gasteiger partial charge < -0.3 is 34.2 Å². The molecule has 8 nitrogen and oxygen atoms in total. The van der Waals surface area contributed by atoms with E-state index in [1.807, 2.05) is 42.5 Å². The number of aliphatic hydroxyl groups is 1. The fourth-order valence-electron chi connectivity index (χ4n) is 4.87. The minimum Gasteiger partial charge on any atom is -0.462 e. The highest BCUT2D eigenvalue weighted by atomic mass is 16.5. The van der Waals surface area contributed by atoms with E-state index in [-0.39, 0.29) is 18.3 Å². The van der Waals surface area contributed by atoms with Crippen LogP contribution in [0.3, 0.4) is 0 Å². The molecule has 0 bridgehead atoms. The van der Waals surface area contributed by atoms with Gasteiger partial charge in [0, 0.05) is 42.5 Å². The second-order valence-electron chi connectivity index (χ2n) is 9.01. The van der Waals surface area contributed by atoms with Crippen LogP contribution in [0.25, 0.3) is 0 Å². The van der Waals surface area contributed by atoms with Crippen LogP contribution in [0.4, 0.5) is 11.4 Å². The summed E-state index contributed by atoms with van der Waals surface area (Å²) in [5.74, 6) is 2.99. The number of aromatic nitrogens is 1. The maximum atomic E-state index is 12.3. The molecule has 184 valence electrons. The van der Waals surface area contributed by atoms with Crippen molar-refractivity contribution in [1.82, 2.24) is 4.98 Å². The smallest absolute Gasteiger partial charge is 0.271 e. The normalized spacial score (nSPS) is 16.7. The SMILES string of the molecule is O=c1[nH]cccc1N1CCOC(c2cccc3c2Oc2ccc(NCc4ccc(CO)o4)cc2C3)C1. The molecular formula is C28H27N3O5. The number of hydrogen-bond acceptors (Lipinski definition) is 7. The van der Waals surface area contributed by atoms with Gasteiger partial charge in [0.2, 0.25) is 0 Å². The Morgan fingerprint density at radius 2 is 1.97 bits per heavy atom. The zero-order chi connectivity index (χ0) is 24.5. The fraction of sp³-hybridized carbons (Fsp3) is 0.250. The van der Waals surface area contributed by atoms with Crippen molar-refractivity contribution >= 4 is 11.4 Å². The van der Waals surface area contributed by atoms with Gasteiger partial charge in [-0.05, 0) is 48.0 Å². The van der Waals surface area contributed by atoms with Crippen LogP contribution < -0.4 is 20.5 Å². The molecule has 1 saturated heterocycles. The summed E-state index contributed by atoms with van der Waals surface area (Å²) >= 11 is 0. The third kappa shape index (κ3) is 4.36. The van der Waals surface area contributed by atoms with Crippen molar-refractivity contribution in [3.8, 4) is 11.5 Å². The van der Waals surface area contributed by atoms with E-state index >= 15 is 0 Å². The summed E-state index contributed by atoms with van der Waals surface area (Å²) < 4.78 is 18.1. The molecule has 4 aromatic rings. The standard InChI is InChI=1S/C28H27N3O5/c32-17-22-8-7-21(35-22)15-30-20-6-9-25-19(14-20)13-18-3-1-4-23(27(18)36-25)26-16-31(11-12-34-26)24-5-2-10-29-28(24)33/h1-10,14,26,30,32H,11-13,15-17H2,(H,29,33). The predicted octanol–water partition coefficient (Wildman–Crippen LogP) is 4.35. The Hall–Kier alpha value is -4.01. The number of benzene rings is 2. The molecule has 2 aliphatic heterocycles. The summed E-state index contributed by atoms with van der Waals surface area (Å²) in [5.41, 5.74) is 4.73. The number of nitrogens with one attached hydrogen (secondary N) is 2. The number of aliphatic hydroxyl groups excluding tert-OH is 1. The number of rotatable bonds is 6. The summed E-state index contributed by atoms with van der Waals surface area (Å²) in [6, 6.07) is 19.6. The molecule has 0 saturated carbocycles. The van der Waals surface area contributed by atoms with Gasteiger partial charge in [-0.25, -0.2) is 0 Å². The first-order chi connectivity index (χ1) is 17.7. The van der Waals surface area contributed by atoms with Gasteiger partial charge in [0.25, 0.3) is 5.56 Å². The molecule has 1 fully saturated rings. The van der Waals surface area contributed by atoms with E-state index in [4.69, 9.17) is 13.9 Å². The quantitative estimate of drug-likeness (QED) is 0.329. The van der Waals surface area contributed by atoms with E-state index < -0.39 is 0 Å². The van der Waals surface area contributed by atoms with E-state index in [0.717, 1.165) is 46.1 Å². The molecule has 2 aromatic carbocycles. The van der Waals surface area contributed by atoms with Crippen LogP contribution in [-0.2, 0) is 24.3 Å². The minimum atomic E-state index is -0.201. The lowest BCUT2D eigenvalue weighted by Crippen LogP contribution is -2.41. The number of morpholine rings is 1. The molecule has 0 spiro atoms. The van der Waals surface area contributed by atoms with Crippen molar-refractivity contribution in [1.29, 1.82) is 0 Å². The molecule has 36 heavy (non-hydrogen) atoms. The van der Waals surface area contributed by atoms with Gasteiger partial charge >= 0.3 is 0 Å². The number of para-hydroxylation sites is 1. The zero-order valence-electron chi connectivity index (χ0n) is 19.7. The Labute approximate surface area is 208 Å². The van der Waals surface area contributed by atoms with Crippen LogP contribution in [-0.4, -0.2) is 29.8 Å². The van der Waals surface area contributed by atoms with E-state index in [9.17, 15) is 9.90 Å². The first-order valence-corrected chi connectivity index (χ1v) is 12.1. The number of furan rings is 1. The Morgan fingerprint density at radius 3 is 2.83 bits per heavy atom. The van der Waals surface area contributed by atoms with Gasteiger partial charge in [0.15, 0.2) is 0 Å². The largest absolute Gasteiger partial charge is 0.462 e. The minimum absolute atomic E-state index is 0.0938. The number of fused-ring (bicyclic) bond motifs is 2. The summed E-state index contributed by atoms with van der Waals surface area (Å²) in [6.07, 6.45) is 2.19. The second-order valence-corrected chi connectivity index (χ2v) is 9.01. The molecule has 0 amide bonds. The fourth-order valence-corrected chi connectivity index (χ4v) is 4.87. The van der Waals surface area contributed by atoms with Crippen LogP contribution >= 0.6 is 0 Å². The number of pyridine rings is 1. The van der Waals surface area contributed by atoms with Crippen molar-refractivity contribution in [3.63, 3.8) is 0 Å². The number of aromatic amines is 1. The molecule has 0 aliphatic carbocycles. The lowest BCUT2D eigenvalue weighted by molar-refractivity contribution is 0.0383. The van der Waals surface area contributed by atoms with Crippen molar-refractivity contribution < 1.29 is 19.0 Å². The zero-order valence-corrected chi connectivity index (χ0v) is 19.7. The Balaban J connectivity index is 1.20. The number of nitrogens with zero attached hydrogens (tertiary/aromatic N) is 1. The van der Waals surface area contributed by atoms with Gasteiger partial charge in [0.05, 0.1) is 13.2 Å². The van der Waals surface area contributed by atoms with E-state index in [1.54, 1.807) is 12.3 Å². The van der Waals surface area contributed by atoms with Crippen LogP contribution in [0.5, 0.6) is 11.5 Å². The lowest BCUT2D eigenvalue weighted by atomic mass is 9.95. The lowest BCUT2D eigenvalue weighted by Gasteiger charge is -2.35. The first-order valence-electron chi connectivity index (χ1n) is 12.1. The van der Waals surface area contributed by atoms with E-state index in [2.05, 4.69) is 27.3 Å². The molecule has 4 heterocycles. The number of anilines is 2. The molecule has 0 radical (unpaired) electrons. The Morgan fingerprint density at radius 1 is 1.06 bits per heavy atom. The number of H-pyrrole nitrogens is 1. The maximum absolute atomic E-state index is 12.3. The van der Waals surface area contributed by atoms with Gasteiger partial charge in [-0.15, -0.1) is 0 Å². The highest BCUT2D eigenvalue weighted by molar-refractivity contribution is 5.59. The van der Waals surface area contributed by atoms with Crippen molar-refractivity contribution in [3.05, 3.63) is 105 Å². The maximum Gasteiger partial charge on any atom is 0.271 e. The molecule has 2 aliphatic rings. The highest BCUT2D eigenvalue weighted by Gasteiger charge is 2.29. The van der Waals surface area contributed by atoms with Crippen molar-refractivity contribution in [2.75, 3.05) is 29.9 Å². The third-order valence-corrected chi connectivity index (χ3v) is 6.67. The van der Waals surface area contributed by atoms with Gasteiger partial charge in [-0.1, -0.05) is 18.2 Å². The molecule has 6 rings (SSSR count). The monoisotopic (exact) mass is 485 g/mol. The van der Waals surface area contributed by atoms with Crippen LogP contribution in [0.15, 0.2) is 76.1 Å².